The van der Waals surface area contributed by atoms with Crippen molar-refractivity contribution in [1.82, 2.24) is 0 Å². The van der Waals surface area contributed by atoms with Crippen molar-refractivity contribution in [2.45, 2.75) is 38.3 Å². The Hall–Kier alpha value is -0.120. The van der Waals surface area contributed by atoms with Gasteiger partial charge in [-0.3, -0.25) is 0 Å². The van der Waals surface area contributed by atoms with E-state index < -0.39 is 12.4 Å². The molecule has 0 aliphatic carbocycles. The molecule has 0 bridgehead atoms. The molecule has 1 saturated heterocycles. The lowest BCUT2D eigenvalue weighted by Crippen LogP contribution is -2.38. The van der Waals surface area contributed by atoms with Crippen LogP contribution in [0.15, 0.2) is 0 Å². The third kappa shape index (κ3) is 1.68. The number of methoxy groups -OCH3 is 1. The van der Waals surface area contributed by atoms with E-state index in [0.29, 0.717) is 0 Å². The summed E-state index contributed by atoms with van der Waals surface area (Å²) < 4.78 is 10.2. The van der Waals surface area contributed by atoms with E-state index in [2.05, 4.69) is 0 Å². The maximum atomic E-state index is 9.24. The van der Waals surface area contributed by atoms with Crippen molar-refractivity contribution < 1.29 is 14.6 Å². The van der Waals surface area contributed by atoms with Crippen LogP contribution >= 0.6 is 0 Å². The second kappa shape index (κ2) is 3.32. The minimum Gasteiger partial charge on any atom is -0.388 e. The second-order valence-electron chi connectivity index (χ2n) is 2.70. The quantitative estimate of drug-likeness (QED) is 0.586. The lowest BCUT2D eigenvalue weighted by molar-refractivity contribution is -0.224. The van der Waals surface area contributed by atoms with E-state index in [1.165, 1.54) is 0 Å². The zero-order valence-electron chi connectivity index (χ0n) is 6.41. The minimum atomic E-state index is -0.443. The van der Waals surface area contributed by atoms with Crippen molar-refractivity contribution in [3.05, 3.63) is 0 Å². The van der Waals surface area contributed by atoms with Gasteiger partial charge in [0.25, 0.3) is 0 Å². The molecule has 0 aromatic rings. The van der Waals surface area contributed by atoms with Crippen LogP contribution in [0, 0.1) is 0 Å². The second-order valence-corrected chi connectivity index (χ2v) is 2.70. The summed E-state index contributed by atoms with van der Waals surface area (Å²) in [6, 6.07) is 0. The molecule has 0 aromatic heterocycles. The van der Waals surface area contributed by atoms with Gasteiger partial charge in [0.2, 0.25) is 0 Å². The number of aliphatic hydroxyl groups is 1. The highest BCUT2D eigenvalue weighted by Crippen LogP contribution is 2.19. The Bertz CT molecular complexity index is 105. The highest BCUT2D eigenvalue weighted by atomic mass is 16.7. The summed E-state index contributed by atoms with van der Waals surface area (Å²) in [7, 11) is 1.55. The van der Waals surface area contributed by atoms with E-state index in [9.17, 15) is 5.11 Å². The predicted octanol–water partition coefficient (Wildman–Crippen LogP) is 0.519. The molecule has 0 spiro atoms. The van der Waals surface area contributed by atoms with Gasteiger partial charge < -0.3 is 14.6 Å². The van der Waals surface area contributed by atoms with E-state index in [-0.39, 0.29) is 6.10 Å². The van der Waals surface area contributed by atoms with E-state index in [1.807, 2.05) is 6.92 Å². The first-order chi connectivity index (χ1) is 4.74. The van der Waals surface area contributed by atoms with Crippen LogP contribution in [-0.2, 0) is 9.47 Å². The molecule has 1 heterocycles. The van der Waals surface area contributed by atoms with Crippen molar-refractivity contribution in [3.8, 4) is 0 Å². The van der Waals surface area contributed by atoms with Crippen LogP contribution in [0.5, 0.6) is 0 Å². The summed E-state index contributed by atoms with van der Waals surface area (Å²) in [5.41, 5.74) is 0. The summed E-state index contributed by atoms with van der Waals surface area (Å²) >= 11 is 0. The minimum absolute atomic E-state index is 0.216. The van der Waals surface area contributed by atoms with E-state index in [4.69, 9.17) is 9.47 Å². The molecule has 1 aliphatic heterocycles. The fourth-order valence-electron chi connectivity index (χ4n) is 1.14. The molecule has 0 radical (unpaired) electrons. The summed E-state index contributed by atoms with van der Waals surface area (Å²) in [4.78, 5) is 0. The molecule has 3 unspecified atom stereocenters. The zero-order valence-corrected chi connectivity index (χ0v) is 6.41. The normalized spacial score (nSPS) is 41.7. The van der Waals surface area contributed by atoms with Crippen molar-refractivity contribution >= 4 is 0 Å². The molecule has 0 amide bonds. The van der Waals surface area contributed by atoms with Gasteiger partial charge in [-0.25, -0.2) is 0 Å². The van der Waals surface area contributed by atoms with Crippen molar-refractivity contribution in [2.24, 2.45) is 0 Å². The third-order valence-electron chi connectivity index (χ3n) is 1.78. The Morgan fingerprint density at radius 3 is 2.70 bits per heavy atom. The first-order valence-corrected chi connectivity index (χ1v) is 3.60. The molecule has 1 rings (SSSR count). The average Bonchev–Trinajstić information content (AvgIpc) is 1.94. The molecular formula is C7H14O3. The van der Waals surface area contributed by atoms with Crippen LogP contribution in [0.25, 0.3) is 0 Å². The average molecular weight is 146 g/mol. The molecule has 60 valence electrons. The molecular weight excluding hydrogens is 132 g/mol. The topological polar surface area (TPSA) is 38.7 Å². The van der Waals surface area contributed by atoms with Gasteiger partial charge in [0.05, 0.1) is 6.10 Å². The van der Waals surface area contributed by atoms with Gasteiger partial charge in [-0.1, -0.05) is 0 Å². The van der Waals surface area contributed by atoms with E-state index in [0.717, 1.165) is 12.8 Å². The fourth-order valence-corrected chi connectivity index (χ4v) is 1.14. The van der Waals surface area contributed by atoms with Gasteiger partial charge in [-0.15, -0.1) is 0 Å². The maximum absolute atomic E-state index is 9.24. The van der Waals surface area contributed by atoms with Gasteiger partial charge in [-0.05, 0) is 19.8 Å². The molecule has 1 aliphatic rings. The smallest absolute Gasteiger partial charge is 0.183 e. The Labute approximate surface area is 60.9 Å². The number of ether oxygens (including phenoxy) is 2. The highest BCUT2D eigenvalue weighted by Gasteiger charge is 2.26. The Kier molecular flexibility index (Phi) is 2.65. The van der Waals surface area contributed by atoms with Crippen LogP contribution in [0.2, 0.25) is 0 Å². The van der Waals surface area contributed by atoms with Crippen molar-refractivity contribution in [3.63, 3.8) is 0 Å². The van der Waals surface area contributed by atoms with Gasteiger partial charge in [0.1, 0.15) is 6.10 Å². The van der Waals surface area contributed by atoms with Crippen LogP contribution < -0.4 is 0 Å². The molecule has 3 atom stereocenters. The lowest BCUT2D eigenvalue weighted by Gasteiger charge is -2.30. The third-order valence-corrected chi connectivity index (χ3v) is 1.78. The van der Waals surface area contributed by atoms with Crippen LogP contribution in [0.1, 0.15) is 19.8 Å². The summed E-state index contributed by atoms with van der Waals surface area (Å²) in [6.45, 7) is 1.98. The van der Waals surface area contributed by atoms with E-state index >= 15 is 0 Å². The number of rotatable bonds is 1. The van der Waals surface area contributed by atoms with Gasteiger partial charge in [-0.2, -0.15) is 0 Å². The molecule has 0 aromatic carbocycles. The van der Waals surface area contributed by atoms with Crippen LogP contribution in [0.4, 0.5) is 0 Å². The Morgan fingerprint density at radius 2 is 2.20 bits per heavy atom. The largest absolute Gasteiger partial charge is 0.388 e. The number of hydrogen-bond donors (Lipinski definition) is 1. The lowest BCUT2D eigenvalue weighted by atomic mass is 10.1. The molecule has 1 fully saturated rings. The van der Waals surface area contributed by atoms with Crippen molar-refractivity contribution in [2.75, 3.05) is 7.11 Å². The fraction of sp³-hybridized carbons (Fsp3) is 1.00. The monoisotopic (exact) mass is 146 g/mol. The van der Waals surface area contributed by atoms with Gasteiger partial charge in [0.15, 0.2) is 6.29 Å². The molecule has 1 N–H and O–H groups in total. The first-order valence-electron chi connectivity index (χ1n) is 3.60. The predicted molar refractivity (Wildman–Crippen MR) is 36.6 cm³/mol. The summed E-state index contributed by atoms with van der Waals surface area (Å²) in [6.07, 6.45) is 1.05. The summed E-state index contributed by atoms with van der Waals surface area (Å²) in [5, 5.41) is 9.24. The first kappa shape index (κ1) is 7.98. The zero-order chi connectivity index (χ0) is 7.56. The highest BCUT2D eigenvalue weighted by molar-refractivity contribution is 4.69. The Balaban J connectivity index is 2.38. The van der Waals surface area contributed by atoms with Crippen LogP contribution in [0.3, 0.4) is 0 Å². The molecule has 3 nitrogen and oxygen atoms in total. The maximum Gasteiger partial charge on any atom is 0.183 e. The summed E-state index contributed by atoms with van der Waals surface area (Å²) in [5.74, 6) is 0. The standard InChI is InChI=1S/C7H14O3/c1-5-3-4-6(8)7(9-2)10-5/h5-8H,3-4H2,1-2H3. The molecule has 10 heavy (non-hydrogen) atoms. The van der Waals surface area contributed by atoms with E-state index in [1.54, 1.807) is 7.11 Å². The number of hydrogen-bond acceptors (Lipinski definition) is 3. The molecule has 0 saturated carbocycles. The van der Waals surface area contributed by atoms with Crippen LogP contribution in [-0.4, -0.2) is 30.7 Å². The van der Waals surface area contributed by atoms with Crippen molar-refractivity contribution in [1.29, 1.82) is 0 Å². The van der Waals surface area contributed by atoms with Gasteiger partial charge in [0, 0.05) is 7.11 Å². The Morgan fingerprint density at radius 1 is 1.50 bits per heavy atom. The SMILES string of the molecule is COC1OC(C)CCC1O. The van der Waals surface area contributed by atoms with Gasteiger partial charge >= 0.3 is 0 Å². The molecule has 3 heteroatoms. The number of aliphatic hydroxyl groups excluding tert-OH is 1.